The van der Waals surface area contributed by atoms with E-state index in [1.165, 1.54) is 18.1 Å². The van der Waals surface area contributed by atoms with E-state index in [9.17, 15) is 4.79 Å². The predicted octanol–water partition coefficient (Wildman–Crippen LogP) is 4.07. The fraction of sp³-hybridized carbons (Fsp3) is 0.0500. The maximum atomic E-state index is 12.3. The van der Waals surface area contributed by atoms with Crippen LogP contribution in [0, 0.1) is 11.3 Å². The molecule has 9 heteroatoms. The number of para-hydroxylation sites is 1. The molecule has 1 amide bonds. The molecule has 4 aromatic rings. The van der Waals surface area contributed by atoms with Gasteiger partial charge >= 0.3 is 0 Å². The number of carbonyl (C=O) groups excluding carboxylic acids is 1. The highest BCUT2D eigenvalue weighted by molar-refractivity contribution is 8.00. The predicted molar refractivity (Wildman–Crippen MR) is 112 cm³/mol. The summed E-state index contributed by atoms with van der Waals surface area (Å²) in [6.45, 7) is 0. The van der Waals surface area contributed by atoms with Gasteiger partial charge in [0.05, 0.1) is 33.6 Å². The summed E-state index contributed by atoms with van der Waals surface area (Å²) in [6.07, 6.45) is 3.16. The summed E-state index contributed by atoms with van der Waals surface area (Å²) < 4.78 is 1.74. The zero-order chi connectivity index (χ0) is 20.2. The van der Waals surface area contributed by atoms with Crippen LogP contribution in [0.1, 0.15) is 5.56 Å². The first-order valence-corrected chi connectivity index (χ1v) is 9.88. The van der Waals surface area contributed by atoms with Gasteiger partial charge in [0.2, 0.25) is 5.91 Å². The number of rotatable bonds is 5. The molecule has 0 radical (unpaired) electrons. The number of nitriles is 1. The molecular formula is C20H13ClN6OS. The molecule has 0 unspecified atom stereocenters. The zero-order valence-corrected chi connectivity index (χ0v) is 16.5. The van der Waals surface area contributed by atoms with Crippen molar-refractivity contribution in [1.82, 2.24) is 19.7 Å². The lowest BCUT2D eigenvalue weighted by molar-refractivity contribution is -0.113. The smallest absolute Gasteiger partial charge is 0.234 e. The molecule has 0 atom stereocenters. The Morgan fingerprint density at radius 1 is 1.21 bits per heavy atom. The Bertz CT molecular complexity index is 1230. The van der Waals surface area contributed by atoms with Crippen molar-refractivity contribution in [3.8, 4) is 11.8 Å². The highest BCUT2D eigenvalue weighted by Gasteiger charge is 2.13. The Morgan fingerprint density at radius 2 is 2.03 bits per heavy atom. The van der Waals surface area contributed by atoms with Crippen molar-refractivity contribution in [2.24, 2.45) is 0 Å². The van der Waals surface area contributed by atoms with E-state index in [2.05, 4.69) is 20.4 Å². The van der Waals surface area contributed by atoms with Gasteiger partial charge in [0.1, 0.15) is 17.4 Å². The van der Waals surface area contributed by atoms with Gasteiger partial charge in [0.15, 0.2) is 5.65 Å². The van der Waals surface area contributed by atoms with Gasteiger partial charge in [-0.3, -0.25) is 4.79 Å². The lowest BCUT2D eigenvalue weighted by Gasteiger charge is -2.06. The Kier molecular flexibility index (Phi) is 5.42. The summed E-state index contributed by atoms with van der Waals surface area (Å²) in [7, 11) is 0. The first kappa shape index (κ1) is 18.9. The van der Waals surface area contributed by atoms with Crippen LogP contribution in [0.2, 0.25) is 5.02 Å². The number of hydrogen-bond acceptors (Lipinski definition) is 6. The average molecular weight is 421 g/mol. The molecule has 7 nitrogen and oxygen atoms in total. The number of anilines is 1. The number of thioether (sulfide) groups is 1. The van der Waals surface area contributed by atoms with E-state index in [4.69, 9.17) is 16.9 Å². The molecule has 1 N–H and O–H groups in total. The summed E-state index contributed by atoms with van der Waals surface area (Å²) in [4.78, 5) is 20.9. The molecule has 0 bridgehead atoms. The summed E-state index contributed by atoms with van der Waals surface area (Å²) in [5.74, 6) is -0.0572. The Hall–Kier alpha value is -3.41. The van der Waals surface area contributed by atoms with Crippen LogP contribution in [0.15, 0.2) is 66.1 Å². The molecule has 2 aromatic heterocycles. The van der Waals surface area contributed by atoms with Gasteiger partial charge in [-0.05, 0) is 30.3 Å². The fourth-order valence-electron chi connectivity index (χ4n) is 2.71. The lowest BCUT2D eigenvalue weighted by Crippen LogP contribution is -2.14. The van der Waals surface area contributed by atoms with Crippen molar-refractivity contribution in [1.29, 1.82) is 5.26 Å². The molecule has 2 aromatic carbocycles. The van der Waals surface area contributed by atoms with Crippen LogP contribution in [0.3, 0.4) is 0 Å². The minimum Gasteiger partial charge on any atom is -0.325 e. The van der Waals surface area contributed by atoms with Gasteiger partial charge in [-0.2, -0.15) is 10.4 Å². The van der Waals surface area contributed by atoms with Crippen molar-refractivity contribution in [2.45, 2.75) is 5.03 Å². The van der Waals surface area contributed by atoms with Crippen LogP contribution in [-0.2, 0) is 4.79 Å². The summed E-state index contributed by atoms with van der Waals surface area (Å²) in [5.41, 5.74) is 2.46. The number of amides is 1. The highest BCUT2D eigenvalue weighted by Crippen LogP contribution is 2.26. The van der Waals surface area contributed by atoms with Gasteiger partial charge < -0.3 is 5.32 Å². The second kappa shape index (κ2) is 8.31. The van der Waals surface area contributed by atoms with Crippen LogP contribution in [-0.4, -0.2) is 31.4 Å². The van der Waals surface area contributed by atoms with Gasteiger partial charge in [-0.1, -0.05) is 41.6 Å². The molecule has 142 valence electrons. The monoisotopic (exact) mass is 420 g/mol. The summed E-state index contributed by atoms with van der Waals surface area (Å²) >= 11 is 7.29. The average Bonchev–Trinajstić information content (AvgIpc) is 3.18. The van der Waals surface area contributed by atoms with Crippen molar-refractivity contribution in [3.63, 3.8) is 0 Å². The summed E-state index contributed by atoms with van der Waals surface area (Å²) in [5, 5.41) is 17.8. The third-order valence-corrected chi connectivity index (χ3v) is 5.36. The van der Waals surface area contributed by atoms with Gasteiger partial charge in [0.25, 0.3) is 0 Å². The number of hydrogen-bond donors (Lipinski definition) is 1. The molecule has 0 aliphatic rings. The van der Waals surface area contributed by atoms with E-state index >= 15 is 0 Å². The van der Waals surface area contributed by atoms with Crippen LogP contribution in [0.25, 0.3) is 16.7 Å². The zero-order valence-electron chi connectivity index (χ0n) is 14.9. The van der Waals surface area contributed by atoms with Crippen LogP contribution >= 0.6 is 23.4 Å². The number of nitrogens with one attached hydrogen (secondary N) is 1. The lowest BCUT2D eigenvalue weighted by atomic mass is 10.2. The SMILES string of the molecule is N#Cc1ccc(NC(=O)CSc2ncnc3c2cnn3-c2ccccc2)cc1Cl. The number of fused-ring (bicyclic) bond motifs is 1. The summed E-state index contributed by atoms with van der Waals surface area (Å²) in [6, 6.07) is 16.4. The van der Waals surface area contributed by atoms with Crippen LogP contribution in [0.4, 0.5) is 5.69 Å². The van der Waals surface area contributed by atoms with Crippen molar-refractivity contribution in [3.05, 3.63) is 71.6 Å². The van der Waals surface area contributed by atoms with Gasteiger partial charge in [0, 0.05) is 5.69 Å². The molecule has 0 spiro atoms. The number of benzene rings is 2. The Labute approximate surface area is 175 Å². The van der Waals surface area contributed by atoms with E-state index in [0.29, 0.717) is 26.9 Å². The Morgan fingerprint density at radius 3 is 2.79 bits per heavy atom. The molecule has 0 aliphatic carbocycles. The molecule has 0 aliphatic heterocycles. The third-order valence-electron chi connectivity index (χ3n) is 4.04. The first-order chi connectivity index (χ1) is 14.2. The highest BCUT2D eigenvalue weighted by atomic mass is 35.5. The van der Waals surface area contributed by atoms with E-state index in [1.807, 2.05) is 36.4 Å². The number of carbonyl (C=O) groups is 1. The van der Waals surface area contributed by atoms with Crippen molar-refractivity contribution in [2.75, 3.05) is 11.1 Å². The minimum absolute atomic E-state index is 0.153. The Balaban J connectivity index is 1.49. The number of halogens is 1. The number of aromatic nitrogens is 4. The standard InChI is InChI=1S/C20H13ClN6OS/c21-17-8-14(7-6-13(17)9-22)26-18(28)11-29-20-16-10-25-27(19(16)23-12-24-20)15-4-2-1-3-5-15/h1-8,10,12H,11H2,(H,26,28). The molecule has 4 rings (SSSR count). The maximum Gasteiger partial charge on any atom is 0.234 e. The normalized spacial score (nSPS) is 10.6. The minimum atomic E-state index is -0.210. The molecule has 29 heavy (non-hydrogen) atoms. The molecule has 0 saturated heterocycles. The molecule has 0 fully saturated rings. The number of nitrogens with zero attached hydrogens (tertiary/aromatic N) is 5. The van der Waals surface area contributed by atoms with Crippen LogP contribution < -0.4 is 5.32 Å². The van der Waals surface area contributed by atoms with E-state index in [0.717, 1.165) is 11.1 Å². The largest absolute Gasteiger partial charge is 0.325 e. The second-order valence-corrected chi connectivity index (χ2v) is 7.32. The maximum absolute atomic E-state index is 12.3. The quantitative estimate of drug-likeness (QED) is 0.386. The van der Waals surface area contributed by atoms with E-state index in [1.54, 1.807) is 29.1 Å². The fourth-order valence-corrected chi connectivity index (χ4v) is 3.69. The second-order valence-electron chi connectivity index (χ2n) is 5.95. The molecular weight excluding hydrogens is 408 g/mol. The first-order valence-electron chi connectivity index (χ1n) is 8.52. The van der Waals surface area contributed by atoms with E-state index < -0.39 is 0 Å². The van der Waals surface area contributed by atoms with Gasteiger partial charge in [-0.25, -0.2) is 14.6 Å². The van der Waals surface area contributed by atoms with Crippen LogP contribution in [0.5, 0.6) is 0 Å². The van der Waals surface area contributed by atoms with Crippen molar-refractivity contribution < 1.29 is 4.79 Å². The van der Waals surface area contributed by atoms with E-state index in [-0.39, 0.29) is 11.7 Å². The molecule has 0 saturated carbocycles. The molecule has 2 heterocycles. The topological polar surface area (TPSA) is 96.5 Å². The van der Waals surface area contributed by atoms with Crippen molar-refractivity contribution >= 4 is 46.0 Å². The third kappa shape index (κ3) is 4.06. The van der Waals surface area contributed by atoms with Gasteiger partial charge in [-0.15, -0.1) is 0 Å².